The van der Waals surface area contributed by atoms with Crippen LogP contribution in [0.4, 0.5) is 5.69 Å². The lowest BCUT2D eigenvalue weighted by atomic mass is 10.1. The average molecular weight is 344 g/mol. The molecule has 2 atom stereocenters. The number of nitro groups is 1. The van der Waals surface area contributed by atoms with Gasteiger partial charge in [0.2, 0.25) is 5.91 Å². The number of nitrogens with one attached hydrogen (secondary N) is 1. The van der Waals surface area contributed by atoms with E-state index in [9.17, 15) is 14.9 Å². The lowest BCUT2D eigenvalue weighted by molar-refractivity contribution is -0.384. The molecular weight excluding hydrogens is 330 g/mol. The van der Waals surface area contributed by atoms with Crippen molar-refractivity contribution in [2.75, 3.05) is 0 Å². The number of non-ortho nitro benzene ring substituents is 1. The van der Waals surface area contributed by atoms with Gasteiger partial charge in [0, 0.05) is 28.6 Å². The van der Waals surface area contributed by atoms with Crippen LogP contribution in [0.2, 0.25) is 5.02 Å². The molecule has 3 rings (SSSR count). The first-order chi connectivity index (χ1) is 11.6. The van der Waals surface area contributed by atoms with Crippen LogP contribution in [0.25, 0.3) is 0 Å². The normalized spacial score (nSPS) is 19.2. The Hall–Kier alpha value is -2.73. The predicted molar refractivity (Wildman–Crippen MR) is 91.1 cm³/mol. The van der Waals surface area contributed by atoms with E-state index < -0.39 is 4.92 Å². The molecule has 1 aliphatic rings. The van der Waals surface area contributed by atoms with Crippen molar-refractivity contribution in [2.45, 2.75) is 12.3 Å². The average Bonchev–Trinajstić information content (AvgIpc) is 3.38. The Morgan fingerprint density at radius 3 is 2.75 bits per heavy atom. The SMILES string of the molecule is O=C(N/N=C/c1cc([N+](=O)[O-])ccc1Cl)C1CC1c1ccccc1. The van der Waals surface area contributed by atoms with Gasteiger partial charge in [-0.15, -0.1) is 0 Å². The molecule has 122 valence electrons. The van der Waals surface area contributed by atoms with Crippen molar-refractivity contribution in [3.8, 4) is 0 Å². The van der Waals surface area contributed by atoms with Crippen LogP contribution < -0.4 is 5.43 Å². The summed E-state index contributed by atoms with van der Waals surface area (Å²) in [5, 5.41) is 14.9. The van der Waals surface area contributed by atoms with Crippen LogP contribution in [0.15, 0.2) is 53.6 Å². The van der Waals surface area contributed by atoms with E-state index in [1.54, 1.807) is 0 Å². The zero-order valence-corrected chi connectivity index (χ0v) is 13.3. The summed E-state index contributed by atoms with van der Waals surface area (Å²) in [4.78, 5) is 22.3. The number of halogens is 1. The molecule has 0 bridgehead atoms. The molecule has 1 N–H and O–H groups in total. The maximum atomic E-state index is 12.1. The number of carbonyl (C=O) groups is 1. The summed E-state index contributed by atoms with van der Waals surface area (Å²) in [6.07, 6.45) is 2.11. The van der Waals surface area contributed by atoms with Gasteiger partial charge in [0.25, 0.3) is 5.69 Å². The molecule has 2 unspecified atom stereocenters. The van der Waals surface area contributed by atoms with Crippen molar-refractivity contribution in [1.29, 1.82) is 0 Å². The van der Waals surface area contributed by atoms with Crippen LogP contribution in [0.1, 0.15) is 23.5 Å². The van der Waals surface area contributed by atoms with E-state index in [0.717, 1.165) is 12.0 Å². The fraction of sp³-hybridized carbons (Fsp3) is 0.176. The smallest absolute Gasteiger partial charge is 0.270 e. The molecule has 1 saturated carbocycles. The topological polar surface area (TPSA) is 84.6 Å². The molecule has 1 fully saturated rings. The van der Waals surface area contributed by atoms with Gasteiger partial charge < -0.3 is 0 Å². The zero-order chi connectivity index (χ0) is 17.1. The number of hydrogen-bond acceptors (Lipinski definition) is 4. The van der Waals surface area contributed by atoms with E-state index in [1.807, 2.05) is 30.3 Å². The highest BCUT2D eigenvalue weighted by molar-refractivity contribution is 6.33. The quantitative estimate of drug-likeness (QED) is 0.512. The van der Waals surface area contributed by atoms with Crippen LogP contribution in [-0.4, -0.2) is 17.0 Å². The van der Waals surface area contributed by atoms with Gasteiger partial charge in [-0.1, -0.05) is 41.9 Å². The fourth-order valence-corrected chi connectivity index (χ4v) is 2.71. The third-order valence-electron chi connectivity index (χ3n) is 3.92. The van der Waals surface area contributed by atoms with Crippen molar-refractivity contribution in [3.63, 3.8) is 0 Å². The summed E-state index contributed by atoms with van der Waals surface area (Å²) >= 11 is 5.97. The minimum atomic E-state index is -0.513. The minimum Gasteiger partial charge on any atom is -0.273 e. The molecule has 0 saturated heterocycles. The summed E-state index contributed by atoms with van der Waals surface area (Å²) < 4.78 is 0. The van der Waals surface area contributed by atoms with E-state index in [0.29, 0.717) is 10.6 Å². The molecule has 24 heavy (non-hydrogen) atoms. The third-order valence-corrected chi connectivity index (χ3v) is 4.27. The molecule has 0 heterocycles. The monoisotopic (exact) mass is 343 g/mol. The van der Waals surface area contributed by atoms with Crippen LogP contribution in [0, 0.1) is 16.0 Å². The maximum Gasteiger partial charge on any atom is 0.270 e. The molecule has 0 aliphatic heterocycles. The van der Waals surface area contributed by atoms with E-state index in [2.05, 4.69) is 10.5 Å². The third kappa shape index (κ3) is 3.60. The van der Waals surface area contributed by atoms with E-state index in [4.69, 9.17) is 11.6 Å². The largest absolute Gasteiger partial charge is 0.273 e. The Labute approximate surface area is 143 Å². The number of benzene rings is 2. The Bertz CT molecular complexity index is 808. The van der Waals surface area contributed by atoms with Crippen LogP contribution in [0.3, 0.4) is 0 Å². The van der Waals surface area contributed by atoms with Gasteiger partial charge in [0.05, 0.1) is 11.1 Å². The van der Waals surface area contributed by atoms with Crippen molar-refractivity contribution in [1.82, 2.24) is 5.43 Å². The number of nitro benzene ring substituents is 1. The summed E-state index contributed by atoms with van der Waals surface area (Å²) in [7, 11) is 0. The summed E-state index contributed by atoms with van der Waals surface area (Å²) in [5.74, 6) is -0.0328. The van der Waals surface area contributed by atoms with Crippen LogP contribution >= 0.6 is 11.6 Å². The van der Waals surface area contributed by atoms with Gasteiger partial charge in [0.1, 0.15) is 0 Å². The standard InChI is InChI=1S/C17H14ClN3O3/c18-16-7-6-13(21(23)24)8-12(16)10-19-20-17(22)15-9-14(15)11-4-2-1-3-5-11/h1-8,10,14-15H,9H2,(H,20,22)/b19-10+. The number of carbonyl (C=O) groups excluding carboxylic acids is 1. The van der Waals surface area contributed by atoms with Crippen molar-refractivity contribution >= 4 is 29.4 Å². The van der Waals surface area contributed by atoms with Gasteiger partial charge in [-0.3, -0.25) is 14.9 Å². The number of hydrogen-bond donors (Lipinski definition) is 1. The molecule has 0 radical (unpaired) electrons. The summed E-state index contributed by atoms with van der Waals surface area (Å²) in [6.45, 7) is 0. The summed E-state index contributed by atoms with van der Waals surface area (Å²) in [5.41, 5.74) is 3.90. The fourth-order valence-electron chi connectivity index (χ4n) is 2.55. The number of rotatable bonds is 5. The minimum absolute atomic E-state index is 0.0847. The highest BCUT2D eigenvalue weighted by atomic mass is 35.5. The number of nitrogens with zero attached hydrogens (tertiary/aromatic N) is 2. The van der Waals surface area contributed by atoms with E-state index in [1.165, 1.54) is 24.4 Å². The highest BCUT2D eigenvalue weighted by Crippen LogP contribution is 2.47. The van der Waals surface area contributed by atoms with Crippen molar-refractivity contribution < 1.29 is 9.72 Å². The predicted octanol–water partition coefficient (Wildman–Crippen LogP) is 3.50. The van der Waals surface area contributed by atoms with Gasteiger partial charge in [-0.25, -0.2) is 5.43 Å². The van der Waals surface area contributed by atoms with Gasteiger partial charge in [-0.05, 0) is 24.0 Å². The van der Waals surface area contributed by atoms with Gasteiger partial charge in [-0.2, -0.15) is 5.10 Å². The summed E-state index contributed by atoms with van der Waals surface area (Å²) in [6, 6.07) is 13.9. The Morgan fingerprint density at radius 1 is 1.29 bits per heavy atom. The molecule has 7 heteroatoms. The molecule has 6 nitrogen and oxygen atoms in total. The molecule has 2 aromatic rings. The van der Waals surface area contributed by atoms with E-state index in [-0.39, 0.29) is 23.4 Å². The van der Waals surface area contributed by atoms with E-state index >= 15 is 0 Å². The first-order valence-electron chi connectivity index (χ1n) is 7.38. The Morgan fingerprint density at radius 2 is 2.04 bits per heavy atom. The molecular formula is C17H14ClN3O3. The molecule has 0 spiro atoms. The van der Waals surface area contributed by atoms with Gasteiger partial charge >= 0.3 is 0 Å². The second kappa shape index (κ2) is 6.80. The molecule has 1 aliphatic carbocycles. The first-order valence-corrected chi connectivity index (χ1v) is 7.76. The van der Waals surface area contributed by atoms with Gasteiger partial charge in [0.15, 0.2) is 0 Å². The van der Waals surface area contributed by atoms with Crippen molar-refractivity contribution in [3.05, 3.63) is 74.8 Å². The molecule has 1 amide bonds. The molecule has 2 aromatic carbocycles. The lowest BCUT2D eigenvalue weighted by Gasteiger charge is -2.01. The number of hydrazone groups is 1. The lowest BCUT2D eigenvalue weighted by Crippen LogP contribution is -2.20. The van der Waals surface area contributed by atoms with Crippen molar-refractivity contribution in [2.24, 2.45) is 11.0 Å². The number of amides is 1. The highest BCUT2D eigenvalue weighted by Gasteiger charge is 2.43. The Kier molecular flexibility index (Phi) is 4.57. The second-order valence-corrected chi connectivity index (χ2v) is 5.96. The first kappa shape index (κ1) is 16.1. The zero-order valence-electron chi connectivity index (χ0n) is 12.6. The van der Waals surface area contributed by atoms with Crippen LogP contribution in [-0.2, 0) is 4.79 Å². The Balaban J connectivity index is 1.60. The second-order valence-electron chi connectivity index (χ2n) is 5.56. The maximum absolute atomic E-state index is 12.1. The molecule has 0 aromatic heterocycles. The van der Waals surface area contributed by atoms with Crippen LogP contribution in [0.5, 0.6) is 0 Å².